The molecule has 0 radical (unpaired) electrons. The van der Waals surface area contributed by atoms with Crippen molar-refractivity contribution in [2.45, 2.75) is 0 Å². The van der Waals surface area contributed by atoms with Crippen molar-refractivity contribution >= 4 is 44.0 Å². The van der Waals surface area contributed by atoms with Crippen LogP contribution in [0.2, 0.25) is 0 Å². The zero-order valence-corrected chi connectivity index (χ0v) is 14.5. The van der Waals surface area contributed by atoms with Crippen LogP contribution in [0.3, 0.4) is 0 Å². The molecule has 2 aromatic rings. The molecule has 2 rings (SSSR count). The second kappa shape index (κ2) is 7.43. The van der Waals surface area contributed by atoms with E-state index in [2.05, 4.69) is 34.1 Å². The Kier molecular flexibility index (Phi) is 5.58. The summed E-state index contributed by atoms with van der Waals surface area (Å²) in [5.74, 6) is 0.780. The highest BCUT2D eigenvalue weighted by molar-refractivity contribution is 9.10. The first kappa shape index (κ1) is 16.5. The fourth-order valence-electron chi connectivity index (χ4n) is 1.97. The van der Waals surface area contributed by atoms with Crippen molar-refractivity contribution in [1.82, 2.24) is 0 Å². The quantitative estimate of drug-likeness (QED) is 0.589. The van der Waals surface area contributed by atoms with Gasteiger partial charge in [-0.1, -0.05) is 52.8 Å². The number of methoxy groups -OCH3 is 1. The molecule has 0 spiro atoms. The second-order valence-electron chi connectivity index (χ2n) is 4.51. The topological polar surface area (TPSA) is 21.6 Å². The van der Waals surface area contributed by atoms with Crippen LogP contribution in [0.4, 0.5) is 5.69 Å². The Morgan fingerprint density at radius 2 is 2.05 bits per heavy atom. The highest BCUT2D eigenvalue weighted by Gasteiger charge is 2.10. The summed E-state index contributed by atoms with van der Waals surface area (Å²) in [6.45, 7) is 7.81. The highest BCUT2D eigenvalue weighted by atomic mass is 79.9. The maximum atomic E-state index is 5.98. The molecule has 2 aromatic carbocycles. The molecule has 22 heavy (non-hydrogen) atoms. The van der Waals surface area contributed by atoms with E-state index >= 15 is 0 Å². The summed E-state index contributed by atoms with van der Waals surface area (Å²) in [5.41, 5.74) is 3.43. The Labute approximate surface area is 143 Å². The second-order valence-corrected chi connectivity index (χ2v) is 5.81. The molecule has 0 N–H and O–H groups in total. The van der Waals surface area contributed by atoms with Gasteiger partial charge in [0, 0.05) is 10.0 Å². The minimum absolute atomic E-state index is 0.335. The van der Waals surface area contributed by atoms with Gasteiger partial charge in [-0.05, 0) is 47.5 Å². The zero-order chi connectivity index (χ0) is 16.1. The monoisotopic (exact) mass is 375 g/mol. The van der Waals surface area contributed by atoms with Crippen LogP contribution in [0.1, 0.15) is 11.1 Å². The predicted octanol–water partition coefficient (Wildman–Crippen LogP) is 5.97. The van der Waals surface area contributed by atoms with Crippen LogP contribution in [0, 0.1) is 0 Å². The molecule has 0 saturated heterocycles. The summed E-state index contributed by atoms with van der Waals surface area (Å²) < 4.78 is 6.21. The van der Waals surface area contributed by atoms with Crippen LogP contribution in [-0.4, -0.2) is 12.3 Å². The third-order valence-corrected chi connectivity index (χ3v) is 3.83. The highest BCUT2D eigenvalue weighted by Crippen LogP contribution is 2.34. The van der Waals surface area contributed by atoms with Crippen molar-refractivity contribution in [2.24, 2.45) is 4.99 Å². The van der Waals surface area contributed by atoms with Crippen LogP contribution in [0.5, 0.6) is 5.75 Å². The van der Waals surface area contributed by atoms with E-state index in [-0.39, 0.29) is 0 Å². The summed E-state index contributed by atoms with van der Waals surface area (Å²) in [7, 11) is 1.64. The molecule has 4 heteroatoms. The smallest absolute Gasteiger partial charge is 0.129 e. The number of nitrogens with zero attached hydrogens (tertiary/aromatic N) is 1. The van der Waals surface area contributed by atoms with Gasteiger partial charge in [-0.2, -0.15) is 0 Å². The normalized spacial score (nSPS) is 11.1. The minimum Gasteiger partial charge on any atom is -0.497 e. The summed E-state index contributed by atoms with van der Waals surface area (Å²) in [6.07, 6.45) is 1.50. The number of aliphatic imine (C=N–C) groups is 1. The summed E-state index contributed by atoms with van der Waals surface area (Å²) >= 11 is 9.46. The molecule has 0 aliphatic heterocycles. The summed E-state index contributed by atoms with van der Waals surface area (Å²) in [4.78, 5) is 4.36. The third kappa shape index (κ3) is 3.87. The fourth-order valence-corrected chi connectivity index (χ4v) is 2.43. The van der Waals surface area contributed by atoms with Crippen molar-refractivity contribution in [2.75, 3.05) is 7.11 Å². The van der Waals surface area contributed by atoms with Crippen molar-refractivity contribution < 1.29 is 4.74 Å². The molecule has 112 valence electrons. The number of benzene rings is 2. The molecule has 0 aliphatic carbocycles. The molecule has 0 aromatic heterocycles. The van der Waals surface area contributed by atoms with Gasteiger partial charge in [-0.3, -0.25) is 0 Å². The van der Waals surface area contributed by atoms with Crippen molar-refractivity contribution in [3.63, 3.8) is 0 Å². The molecule has 0 fully saturated rings. The lowest BCUT2D eigenvalue weighted by Gasteiger charge is -2.11. The van der Waals surface area contributed by atoms with Crippen LogP contribution < -0.4 is 4.74 Å². The molecule has 0 unspecified atom stereocenters. The van der Waals surface area contributed by atoms with Gasteiger partial charge >= 0.3 is 0 Å². The summed E-state index contributed by atoms with van der Waals surface area (Å²) in [5, 5.41) is 0.335. The van der Waals surface area contributed by atoms with Gasteiger partial charge in [0.25, 0.3) is 0 Å². The average Bonchev–Trinajstić information content (AvgIpc) is 2.55. The van der Waals surface area contributed by atoms with E-state index in [4.69, 9.17) is 16.3 Å². The van der Waals surface area contributed by atoms with Gasteiger partial charge in [0.15, 0.2) is 0 Å². The first-order valence-corrected chi connectivity index (χ1v) is 7.72. The van der Waals surface area contributed by atoms with Gasteiger partial charge in [-0.25, -0.2) is 4.99 Å². The van der Waals surface area contributed by atoms with Gasteiger partial charge in [0.1, 0.15) is 10.9 Å². The van der Waals surface area contributed by atoms with Crippen LogP contribution >= 0.6 is 27.5 Å². The number of allylic oxidation sites excluding steroid dienone is 1. The molecule has 0 saturated carbocycles. The average molecular weight is 377 g/mol. The molecular formula is C18H15BrClNO. The Hall–Kier alpha value is -1.84. The Bertz CT molecular complexity index is 753. The molecule has 2 nitrogen and oxygen atoms in total. The lowest BCUT2D eigenvalue weighted by molar-refractivity contribution is 0.414. The van der Waals surface area contributed by atoms with Gasteiger partial charge in [0.2, 0.25) is 0 Å². The van der Waals surface area contributed by atoms with Gasteiger partial charge in [0.05, 0.1) is 12.8 Å². The SMILES string of the molecule is C=CC(Cl)=Nc1ccc(Br)cc1C(=C)c1cccc(OC)c1. The standard InChI is InChI=1S/C18H15BrClNO/c1-4-18(20)21-17-9-8-14(19)11-16(17)12(2)13-6-5-7-15(10-13)22-3/h4-11H,1-2H2,3H3. The predicted molar refractivity (Wildman–Crippen MR) is 98.4 cm³/mol. The van der Waals surface area contributed by atoms with E-state index in [9.17, 15) is 0 Å². The largest absolute Gasteiger partial charge is 0.497 e. The Morgan fingerprint density at radius 1 is 1.27 bits per heavy atom. The fraction of sp³-hybridized carbons (Fsp3) is 0.0556. The lowest BCUT2D eigenvalue weighted by Crippen LogP contribution is -1.90. The lowest BCUT2D eigenvalue weighted by atomic mass is 9.98. The van der Waals surface area contributed by atoms with Gasteiger partial charge in [-0.15, -0.1) is 0 Å². The first-order chi connectivity index (χ1) is 10.5. The van der Waals surface area contributed by atoms with E-state index in [0.29, 0.717) is 5.17 Å². The first-order valence-electron chi connectivity index (χ1n) is 6.55. The van der Waals surface area contributed by atoms with Crippen LogP contribution in [0.15, 0.2) is 71.2 Å². The van der Waals surface area contributed by atoms with Crippen LogP contribution in [0.25, 0.3) is 5.57 Å². The van der Waals surface area contributed by atoms with Gasteiger partial charge < -0.3 is 4.74 Å². The number of rotatable bonds is 5. The number of hydrogen-bond acceptors (Lipinski definition) is 2. The maximum Gasteiger partial charge on any atom is 0.129 e. The molecule has 0 amide bonds. The maximum absolute atomic E-state index is 5.98. The number of hydrogen-bond donors (Lipinski definition) is 0. The van der Waals surface area contributed by atoms with Crippen molar-refractivity contribution in [1.29, 1.82) is 0 Å². The summed E-state index contributed by atoms with van der Waals surface area (Å²) in [6, 6.07) is 13.5. The third-order valence-electron chi connectivity index (χ3n) is 3.10. The van der Waals surface area contributed by atoms with E-state index in [1.807, 2.05) is 42.5 Å². The Balaban J connectivity index is 2.52. The van der Waals surface area contributed by atoms with Crippen molar-refractivity contribution in [3.8, 4) is 5.75 Å². The van der Waals surface area contributed by atoms with E-state index in [1.54, 1.807) is 7.11 Å². The molecule has 0 atom stereocenters. The van der Waals surface area contributed by atoms with E-state index in [0.717, 1.165) is 32.6 Å². The zero-order valence-electron chi connectivity index (χ0n) is 12.1. The molecule has 0 bridgehead atoms. The van der Waals surface area contributed by atoms with E-state index in [1.165, 1.54) is 6.08 Å². The molecular weight excluding hydrogens is 362 g/mol. The minimum atomic E-state index is 0.335. The number of ether oxygens (including phenoxy) is 1. The molecule has 0 aliphatic rings. The Morgan fingerprint density at radius 3 is 2.73 bits per heavy atom. The molecule has 0 heterocycles. The number of halogens is 2. The van der Waals surface area contributed by atoms with E-state index < -0.39 is 0 Å². The van der Waals surface area contributed by atoms with Crippen LogP contribution in [-0.2, 0) is 0 Å². The van der Waals surface area contributed by atoms with Crippen molar-refractivity contribution in [3.05, 3.63) is 77.3 Å².